The fraction of sp³-hybridized carbons (Fsp3) is 0.263. The van der Waals surface area contributed by atoms with E-state index in [1.807, 2.05) is 4.90 Å². The summed E-state index contributed by atoms with van der Waals surface area (Å²) < 4.78 is 38.8. The van der Waals surface area contributed by atoms with Gasteiger partial charge in [0.25, 0.3) is 17.4 Å². The van der Waals surface area contributed by atoms with Crippen molar-refractivity contribution in [3.8, 4) is 5.69 Å². The van der Waals surface area contributed by atoms with Crippen LogP contribution in [0.2, 0.25) is 0 Å². The maximum atomic E-state index is 12.6. The number of alkyl halides is 3. The first kappa shape index (κ1) is 20.4. The molecule has 1 fully saturated rings. The highest BCUT2D eigenvalue weighted by Crippen LogP contribution is 2.25. The van der Waals surface area contributed by atoms with Crippen LogP contribution in [0.15, 0.2) is 35.1 Å². The minimum Gasteiger partial charge on any atom is -0.384 e. The molecule has 31 heavy (non-hydrogen) atoms. The molecule has 162 valence electrons. The van der Waals surface area contributed by atoms with Gasteiger partial charge in [0.2, 0.25) is 0 Å². The summed E-state index contributed by atoms with van der Waals surface area (Å²) in [5.74, 6) is -3.39. The van der Waals surface area contributed by atoms with Crippen LogP contribution >= 0.6 is 0 Å². The number of halogens is 3. The summed E-state index contributed by atoms with van der Waals surface area (Å²) in [7, 11) is 0. The number of nitrogens with zero attached hydrogens (tertiary/aromatic N) is 3. The highest BCUT2D eigenvalue weighted by molar-refractivity contribution is 6.23. The Bertz CT molecular complexity index is 1150. The first-order valence-corrected chi connectivity index (χ1v) is 9.20. The predicted octanol–water partition coefficient (Wildman–Crippen LogP) is 0.514. The van der Waals surface area contributed by atoms with Gasteiger partial charge in [-0.3, -0.25) is 29.1 Å². The number of imide groups is 1. The van der Waals surface area contributed by atoms with E-state index in [1.54, 1.807) is 24.3 Å². The second-order valence-corrected chi connectivity index (χ2v) is 7.07. The second kappa shape index (κ2) is 7.15. The van der Waals surface area contributed by atoms with Crippen molar-refractivity contribution >= 4 is 29.2 Å². The molecule has 1 saturated heterocycles. The number of nitrogen functional groups attached to an aromatic ring is 1. The van der Waals surface area contributed by atoms with Crippen LogP contribution in [-0.4, -0.2) is 59.5 Å². The number of hydrogen-bond acceptors (Lipinski definition) is 6. The monoisotopic (exact) mass is 435 g/mol. The van der Waals surface area contributed by atoms with Crippen LogP contribution < -0.4 is 21.5 Å². The zero-order valence-electron chi connectivity index (χ0n) is 15.9. The van der Waals surface area contributed by atoms with Crippen LogP contribution in [-0.2, 0) is 4.79 Å². The van der Waals surface area contributed by atoms with Crippen molar-refractivity contribution in [2.75, 3.05) is 36.8 Å². The Balaban J connectivity index is 1.55. The van der Waals surface area contributed by atoms with Gasteiger partial charge in [-0.05, 0) is 24.3 Å². The molecule has 0 atom stereocenters. The number of hydrogen-bond donors (Lipinski definition) is 2. The van der Waals surface area contributed by atoms with Crippen LogP contribution in [0, 0.1) is 0 Å². The normalized spacial score (nSPS) is 16.4. The third-order valence-electron chi connectivity index (χ3n) is 5.24. The maximum absolute atomic E-state index is 12.6. The highest BCUT2D eigenvalue weighted by atomic mass is 19.4. The van der Waals surface area contributed by atoms with Crippen LogP contribution in [0.25, 0.3) is 5.69 Å². The molecule has 9 nitrogen and oxygen atoms in total. The molecule has 2 aromatic rings. The molecule has 1 aromatic heterocycles. The molecule has 0 aliphatic carbocycles. The van der Waals surface area contributed by atoms with Crippen molar-refractivity contribution in [1.82, 2.24) is 14.8 Å². The fourth-order valence-electron chi connectivity index (χ4n) is 3.71. The third-order valence-corrected chi connectivity index (χ3v) is 5.24. The number of anilines is 2. The number of nitrogens with two attached hydrogens (primary N) is 1. The topological polar surface area (TPSA) is 118 Å². The van der Waals surface area contributed by atoms with Crippen molar-refractivity contribution in [2.45, 2.75) is 6.18 Å². The van der Waals surface area contributed by atoms with E-state index in [4.69, 9.17) is 5.73 Å². The van der Waals surface area contributed by atoms with E-state index in [0.717, 1.165) is 15.5 Å². The molecule has 3 heterocycles. The average molecular weight is 435 g/mol. The van der Waals surface area contributed by atoms with E-state index in [0.29, 0.717) is 11.4 Å². The Kier molecular flexibility index (Phi) is 4.71. The van der Waals surface area contributed by atoms with Crippen molar-refractivity contribution in [2.24, 2.45) is 0 Å². The van der Waals surface area contributed by atoms with Gasteiger partial charge in [0.05, 0.1) is 16.8 Å². The Hall–Kier alpha value is -3.83. The molecule has 0 bridgehead atoms. The molecule has 0 saturated carbocycles. The zero-order chi connectivity index (χ0) is 22.5. The number of pyridine rings is 1. The Labute approximate surface area is 172 Å². The van der Waals surface area contributed by atoms with Crippen molar-refractivity contribution in [3.05, 3.63) is 51.8 Å². The molecule has 0 radical (unpaired) electrons. The molecule has 2 aliphatic heterocycles. The van der Waals surface area contributed by atoms with Gasteiger partial charge >= 0.3 is 12.1 Å². The first-order chi connectivity index (χ1) is 14.6. The van der Waals surface area contributed by atoms with Crippen LogP contribution in [0.1, 0.15) is 20.7 Å². The highest BCUT2D eigenvalue weighted by Gasteiger charge is 2.43. The quantitative estimate of drug-likeness (QED) is 0.664. The second-order valence-electron chi connectivity index (χ2n) is 7.07. The number of carbonyl (C=O) groups excluding carboxylic acids is 3. The standard InChI is InChI=1S/C19H16F3N5O4/c20-19(21,22)18(31)26-7-5-25(6-8-26)10-1-3-11(4-2-10)27-13(28)9-12-14(15(27)23)17(30)24-16(12)29/h1-4,9H,5-8,23H2,(H,24,29,30). The van der Waals surface area contributed by atoms with E-state index < -0.39 is 29.5 Å². The minimum atomic E-state index is -4.89. The predicted molar refractivity (Wildman–Crippen MR) is 103 cm³/mol. The molecular formula is C19H16F3N5O4. The van der Waals surface area contributed by atoms with Gasteiger partial charge in [-0.1, -0.05) is 0 Å². The number of amides is 3. The molecule has 1 aromatic carbocycles. The number of nitrogens with one attached hydrogen (secondary N) is 1. The van der Waals surface area contributed by atoms with E-state index in [-0.39, 0.29) is 43.1 Å². The average Bonchev–Trinajstić information content (AvgIpc) is 3.01. The molecule has 0 unspecified atom stereocenters. The summed E-state index contributed by atoms with van der Waals surface area (Å²) in [6.07, 6.45) is -4.89. The SMILES string of the molecule is Nc1c2c(cc(=O)n1-c1ccc(N3CCN(C(=O)C(F)(F)F)CC3)cc1)C(=O)NC2=O. The van der Waals surface area contributed by atoms with E-state index in [1.165, 1.54) is 0 Å². The lowest BCUT2D eigenvalue weighted by Gasteiger charge is -2.36. The van der Waals surface area contributed by atoms with Crippen LogP contribution in [0.3, 0.4) is 0 Å². The van der Waals surface area contributed by atoms with Crippen LogP contribution in [0.4, 0.5) is 24.7 Å². The molecule has 3 N–H and O–H groups in total. The number of benzene rings is 1. The largest absolute Gasteiger partial charge is 0.471 e. The van der Waals surface area contributed by atoms with E-state index in [9.17, 15) is 32.3 Å². The molecule has 4 rings (SSSR count). The summed E-state index contributed by atoms with van der Waals surface area (Å²) in [6, 6.07) is 7.49. The molecule has 3 amide bonds. The van der Waals surface area contributed by atoms with E-state index >= 15 is 0 Å². The number of aromatic nitrogens is 1. The maximum Gasteiger partial charge on any atom is 0.471 e. The number of fused-ring (bicyclic) bond motifs is 1. The molecular weight excluding hydrogens is 419 g/mol. The third kappa shape index (κ3) is 3.49. The molecule has 0 spiro atoms. The lowest BCUT2D eigenvalue weighted by Crippen LogP contribution is -2.52. The summed E-state index contributed by atoms with van der Waals surface area (Å²) in [4.78, 5) is 50.1. The van der Waals surface area contributed by atoms with Gasteiger partial charge in [-0.2, -0.15) is 13.2 Å². The molecule has 12 heteroatoms. The fourth-order valence-corrected chi connectivity index (χ4v) is 3.71. The van der Waals surface area contributed by atoms with Crippen molar-refractivity contribution in [1.29, 1.82) is 0 Å². The summed E-state index contributed by atoms with van der Waals surface area (Å²) in [6.45, 7) is 0.287. The smallest absolute Gasteiger partial charge is 0.384 e. The zero-order valence-corrected chi connectivity index (χ0v) is 15.9. The van der Waals surface area contributed by atoms with Gasteiger partial charge in [-0.25, -0.2) is 0 Å². The lowest BCUT2D eigenvalue weighted by atomic mass is 10.1. The summed E-state index contributed by atoms with van der Waals surface area (Å²) >= 11 is 0. The minimum absolute atomic E-state index is 0.0690. The number of piperazine rings is 1. The van der Waals surface area contributed by atoms with Gasteiger partial charge in [0.1, 0.15) is 5.82 Å². The van der Waals surface area contributed by atoms with Crippen molar-refractivity contribution < 1.29 is 27.6 Å². The Morgan fingerprint density at radius 1 is 0.935 bits per heavy atom. The van der Waals surface area contributed by atoms with Gasteiger partial charge in [0, 0.05) is 37.9 Å². The summed E-state index contributed by atoms with van der Waals surface area (Å²) in [5, 5.41) is 2.09. The lowest BCUT2D eigenvalue weighted by molar-refractivity contribution is -0.185. The number of rotatable bonds is 2. The summed E-state index contributed by atoms with van der Waals surface area (Å²) in [5.41, 5.74) is 6.29. The van der Waals surface area contributed by atoms with Gasteiger partial charge < -0.3 is 15.5 Å². The van der Waals surface area contributed by atoms with Crippen LogP contribution in [0.5, 0.6) is 0 Å². The Morgan fingerprint density at radius 2 is 1.52 bits per heavy atom. The van der Waals surface area contributed by atoms with Crippen molar-refractivity contribution in [3.63, 3.8) is 0 Å². The Morgan fingerprint density at radius 3 is 2.10 bits per heavy atom. The van der Waals surface area contributed by atoms with Gasteiger partial charge in [0.15, 0.2) is 0 Å². The van der Waals surface area contributed by atoms with E-state index in [2.05, 4.69) is 5.32 Å². The number of carbonyl (C=O) groups is 3. The first-order valence-electron chi connectivity index (χ1n) is 9.20. The van der Waals surface area contributed by atoms with Gasteiger partial charge in [-0.15, -0.1) is 0 Å². The molecule has 2 aliphatic rings.